The van der Waals surface area contributed by atoms with Crippen molar-refractivity contribution in [2.24, 2.45) is 4.99 Å². The molecule has 33 heavy (non-hydrogen) atoms. The summed E-state index contributed by atoms with van der Waals surface area (Å²) in [5.74, 6) is 1.83. The summed E-state index contributed by atoms with van der Waals surface area (Å²) in [4.78, 5) is 7.29. The van der Waals surface area contributed by atoms with Crippen molar-refractivity contribution < 1.29 is 0 Å². The van der Waals surface area contributed by atoms with E-state index in [1.165, 1.54) is 11.3 Å². The van der Waals surface area contributed by atoms with Gasteiger partial charge in [-0.05, 0) is 55.0 Å². The minimum atomic E-state index is 0.193. The van der Waals surface area contributed by atoms with Crippen LogP contribution in [0.2, 0.25) is 0 Å². The number of pyridine rings is 1. The van der Waals surface area contributed by atoms with Gasteiger partial charge in [0, 0.05) is 50.5 Å². The second-order valence-corrected chi connectivity index (χ2v) is 9.76. The monoisotopic (exact) mass is 447 g/mol. The Morgan fingerprint density at radius 1 is 1.06 bits per heavy atom. The van der Waals surface area contributed by atoms with Crippen LogP contribution in [0, 0.1) is 0 Å². The number of rotatable bonds is 6. The number of aliphatic imine (C=N–C) groups is 1. The molecular weight excluding hydrogens is 410 g/mol. The van der Waals surface area contributed by atoms with E-state index in [9.17, 15) is 0 Å². The van der Waals surface area contributed by atoms with Gasteiger partial charge in [-0.1, -0.05) is 39.0 Å². The normalized spacial score (nSPS) is 15.8. The van der Waals surface area contributed by atoms with Gasteiger partial charge < -0.3 is 15.5 Å². The average Bonchev–Trinajstić information content (AvgIpc) is 3.22. The fourth-order valence-corrected chi connectivity index (χ4v) is 4.30. The van der Waals surface area contributed by atoms with Gasteiger partial charge in [0.15, 0.2) is 11.6 Å². The van der Waals surface area contributed by atoms with Crippen molar-refractivity contribution >= 4 is 17.3 Å². The van der Waals surface area contributed by atoms with Crippen molar-refractivity contribution in [3.63, 3.8) is 0 Å². The molecule has 1 aliphatic heterocycles. The Bertz CT molecular complexity index is 1050. The summed E-state index contributed by atoms with van der Waals surface area (Å²) in [6, 6.07) is 15.5. The fourth-order valence-electron chi connectivity index (χ4n) is 4.30. The topological polar surface area (TPSA) is 69.8 Å². The molecule has 3 aromatic rings. The van der Waals surface area contributed by atoms with Gasteiger partial charge in [-0.2, -0.15) is 0 Å². The molecule has 4 rings (SSSR count). The van der Waals surface area contributed by atoms with Crippen molar-refractivity contribution in [3.05, 3.63) is 60.0 Å². The fraction of sp³-hybridized carbons (Fsp3) is 0.500. The molecule has 2 N–H and O–H groups in total. The van der Waals surface area contributed by atoms with Gasteiger partial charge in [-0.25, -0.2) is 0 Å². The van der Waals surface area contributed by atoms with Gasteiger partial charge in [0.05, 0.1) is 0 Å². The van der Waals surface area contributed by atoms with Crippen molar-refractivity contribution in [1.82, 2.24) is 25.2 Å². The minimum absolute atomic E-state index is 0.193. The summed E-state index contributed by atoms with van der Waals surface area (Å²) < 4.78 is 2.03. The van der Waals surface area contributed by atoms with Gasteiger partial charge in [0.2, 0.25) is 0 Å². The van der Waals surface area contributed by atoms with E-state index in [4.69, 9.17) is 4.99 Å². The first kappa shape index (κ1) is 23.1. The maximum atomic E-state index is 4.80. The lowest BCUT2D eigenvalue weighted by Gasteiger charge is -2.35. The SMILES string of the molecule is CCNC(=NCCc1nnc2ccccn12)NC1CCN(c2ccc(C(C)(C)C)cc2)CC1. The molecular formula is C26H37N7. The number of nitrogens with zero attached hydrogens (tertiary/aromatic N) is 5. The molecule has 0 unspecified atom stereocenters. The molecule has 3 heterocycles. The van der Waals surface area contributed by atoms with Crippen LogP contribution < -0.4 is 15.5 Å². The van der Waals surface area contributed by atoms with Crippen molar-refractivity contribution in [3.8, 4) is 0 Å². The zero-order chi connectivity index (χ0) is 23.3. The van der Waals surface area contributed by atoms with Crippen LogP contribution in [0.3, 0.4) is 0 Å². The number of benzene rings is 1. The number of hydrogen-bond acceptors (Lipinski definition) is 4. The van der Waals surface area contributed by atoms with Crippen LogP contribution >= 0.6 is 0 Å². The lowest BCUT2D eigenvalue weighted by molar-refractivity contribution is 0.461. The van der Waals surface area contributed by atoms with E-state index in [0.29, 0.717) is 12.6 Å². The standard InChI is InChI=1S/C26H37N7/c1-5-27-25(28-16-13-24-31-30-23-8-6-7-17-33(23)24)29-21-14-18-32(19-15-21)22-11-9-20(10-12-22)26(2,3)4/h6-12,17,21H,5,13-16,18-19H2,1-4H3,(H2,27,28,29). The third kappa shape index (κ3) is 5.83. The third-order valence-electron chi connectivity index (χ3n) is 6.27. The molecule has 1 saturated heterocycles. The Hall–Kier alpha value is -3.09. The third-order valence-corrected chi connectivity index (χ3v) is 6.27. The van der Waals surface area contributed by atoms with Crippen LogP contribution in [-0.2, 0) is 11.8 Å². The van der Waals surface area contributed by atoms with E-state index < -0.39 is 0 Å². The summed E-state index contributed by atoms with van der Waals surface area (Å²) in [7, 11) is 0. The summed E-state index contributed by atoms with van der Waals surface area (Å²) in [5, 5.41) is 15.6. The average molecular weight is 448 g/mol. The molecule has 7 heteroatoms. The molecule has 0 spiro atoms. The number of hydrogen-bond donors (Lipinski definition) is 2. The molecule has 0 bridgehead atoms. The number of nitrogens with one attached hydrogen (secondary N) is 2. The quantitative estimate of drug-likeness (QED) is 0.444. The second-order valence-electron chi connectivity index (χ2n) is 9.76. The number of fused-ring (bicyclic) bond motifs is 1. The highest BCUT2D eigenvalue weighted by atomic mass is 15.2. The Labute approximate surface area is 197 Å². The molecule has 0 saturated carbocycles. The number of piperidine rings is 1. The zero-order valence-corrected chi connectivity index (χ0v) is 20.4. The summed E-state index contributed by atoms with van der Waals surface area (Å²) in [6.07, 6.45) is 4.95. The molecule has 1 aromatic carbocycles. The van der Waals surface area contributed by atoms with Crippen molar-refractivity contribution in [1.29, 1.82) is 0 Å². The van der Waals surface area contributed by atoms with E-state index in [-0.39, 0.29) is 5.41 Å². The van der Waals surface area contributed by atoms with Crippen LogP contribution in [0.1, 0.15) is 51.9 Å². The molecule has 0 amide bonds. The smallest absolute Gasteiger partial charge is 0.191 e. The van der Waals surface area contributed by atoms with Crippen molar-refractivity contribution in [2.45, 2.75) is 58.4 Å². The van der Waals surface area contributed by atoms with Gasteiger partial charge in [-0.3, -0.25) is 9.39 Å². The molecule has 1 fully saturated rings. The Morgan fingerprint density at radius 3 is 2.52 bits per heavy atom. The lowest BCUT2D eigenvalue weighted by Crippen LogP contribution is -2.48. The highest BCUT2D eigenvalue weighted by Crippen LogP contribution is 2.26. The lowest BCUT2D eigenvalue weighted by atomic mass is 9.87. The van der Waals surface area contributed by atoms with Crippen LogP contribution in [0.5, 0.6) is 0 Å². The van der Waals surface area contributed by atoms with Crippen LogP contribution in [0.15, 0.2) is 53.7 Å². The van der Waals surface area contributed by atoms with Gasteiger partial charge >= 0.3 is 0 Å². The highest BCUT2D eigenvalue weighted by Gasteiger charge is 2.21. The summed E-state index contributed by atoms with van der Waals surface area (Å²) >= 11 is 0. The molecule has 1 aliphatic rings. The van der Waals surface area contributed by atoms with Crippen molar-refractivity contribution in [2.75, 3.05) is 31.1 Å². The molecule has 2 aromatic heterocycles. The molecule has 0 radical (unpaired) electrons. The Kier molecular flexibility index (Phi) is 7.16. The molecule has 0 atom stereocenters. The number of anilines is 1. The second kappa shape index (κ2) is 10.2. The first-order chi connectivity index (χ1) is 15.9. The van der Waals surface area contributed by atoms with Crippen LogP contribution in [0.25, 0.3) is 5.65 Å². The first-order valence-corrected chi connectivity index (χ1v) is 12.1. The van der Waals surface area contributed by atoms with Gasteiger partial charge in [0.25, 0.3) is 0 Å². The van der Waals surface area contributed by atoms with Crippen LogP contribution in [0.4, 0.5) is 5.69 Å². The van der Waals surface area contributed by atoms with E-state index in [1.807, 2.05) is 28.8 Å². The van der Waals surface area contributed by atoms with E-state index in [0.717, 1.165) is 56.3 Å². The van der Waals surface area contributed by atoms with Gasteiger partial charge in [0.1, 0.15) is 5.82 Å². The summed E-state index contributed by atoms with van der Waals surface area (Å²) in [6.45, 7) is 12.5. The van der Waals surface area contributed by atoms with E-state index in [1.54, 1.807) is 0 Å². The largest absolute Gasteiger partial charge is 0.371 e. The summed E-state index contributed by atoms with van der Waals surface area (Å²) in [5.41, 5.74) is 3.77. The number of aromatic nitrogens is 3. The Morgan fingerprint density at radius 2 is 1.82 bits per heavy atom. The molecule has 7 nitrogen and oxygen atoms in total. The van der Waals surface area contributed by atoms with Crippen LogP contribution in [-0.4, -0.2) is 52.8 Å². The predicted octanol–water partition coefficient (Wildman–Crippen LogP) is 3.79. The predicted molar refractivity (Wildman–Crippen MR) is 136 cm³/mol. The first-order valence-electron chi connectivity index (χ1n) is 12.1. The Balaban J connectivity index is 1.30. The molecule has 0 aliphatic carbocycles. The molecule has 176 valence electrons. The zero-order valence-electron chi connectivity index (χ0n) is 20.4. The highest BCUT2D eigenvalue weighted by molar-refractivity contribution is 5.80. The van der Waals surface area contributed by atoms with Gasteiger partial charge in [-0.15, -0.1) is 10.2 Å². The maximum Gasteiger partial charge on any atom is 0.191 e. The number of guanidine groups is 1. The maximum absolute atomic E-state index is 4.80. The minimum Gasteiger partial charge on any atom is -0.371 e. The van der Waals surface area contributed by atoms with E-state index in [2.05, 4.69) is 77.7 Å². The van der Waals surface area contributed by atoms with E-state index >= 15 is 0 Å².